The topological polar surface area (TPSA) is 103 Å². The van der Waals surface area contributed by atoms with Crippen LogP contribution in [-0.4, -0.2) is 49.6 Å². The van der Waals surface area contributed by atoms with Crippen molar-refractivity contribution in [3.63, 3.8) is 0 Å². The standard InChI is InChI=1S/C22H24ClNO7/c1-13(24-12-17(25)15-5-4-6-16(23)11-15)9-14-7-8-18-19(10-14)31-22(30-18,20(26)28-2)21(27)29-3/h4-8,10-11,13,17,24-25H,9,12H2,1-3H3/t13-,17-/m1/s1. The second-order valence-corrected chi connectivity index (χ2v) is 7.61. The lowest BCUT2D eigenvalue weighted by molar-refractivity contribution is -0.199. The van der Waals surface area contributed by atoms with Crippen LogP contribution in [0.2, 0.25) is 5.02 Å². The quantitative estimate of drug-likeness (QED) is 0.468. The third kappa shape index (κ3) is 4.92. The molecular formula is C22H24ClNO7. The van der Waals surface area contributed by atoms with Crippen molar-refractivity contribution in [2.24, 2.45) is 0 Å². The molecule has 31 heavy (non-hydrogen) atoms. The second kappa shape index (κ2) is 9.55. The van der Waals surface area contributed by atoms with Gasteiger partial charge in [-0.3, -0.25) is 0 Å². The summed E-state index contributed by atoms with van der Waals surface area (Å²) < 4.78 is 20.3. The van der Waals surface area contributed by atoms with Gasteiger partial charge in [0.1, 0.15) is 0 Å². The average Bonchev–Trinajstić information content (AvgIpc) is 3.16. The molecule has 0 fully saturated rings. The number of nitrogens with one attached hydrogen (secondary N) is 1. The number of esters is 2. The van der Waals surface area contributed by atoms with Gasteiger partial charge in [-0.05, 0) is 48.7 Å². The van der Waals surface area contributed by atoms with Crippen LogP contribution in [-0.2, 0) is 25.5 Å². The summed E-state index contributed by atoms with van der Waals surface area (Å²) in [4.78, 5) is 24.3. The number of ether oxygens (including phenoxy) is 4. The fraction of sp³-hybridized carbons (Fsp3) is 0.364. The van der Waals surface area contributed by atoms with Gasteiger partial charge < -0.3 is 29.4 Å². The van der Waals surface area contributed by atoms with Crippen molar-refractivity contribution in [3.8, 4) is 11.5 Å². The van der Waals surface area contributed by atoms with E-state index in [9.17, 15) is 14.7 Å². The van der Waals surface area contributed by atoms with E-state index in [1.807, 2.05) is 13.0 Å². The first-order valence-electron chi connectivity index (χ1n) is 9.63. The van der Waals surface area contributed by atoms with E-state index in [2.05, 4.69) is 14.8 Å². The average molecular weight is 450 g/mol. The Kier molecular flexibility index (Phi) is 7.04. The summed E-state index contributed by atoms with van der Waals surface area (Å²) in [6.07, 6.45) is -0.0962. The van der Waals surface area contributed by atoms with Gasteiger partial charge in [0.25, 0.3) is 0 Å². The first-order chi connectivity index (χ1) is 14.8. The molecule has 0 aliphatic carbocycles. The highest BCUT2D eigenvalue weighted by atomic mass is 35.5. The number of carbonyl (C=O) groups is 2. The van der Waals surface area contributed by atoms with Crippen molar-refractivity contribution < 1.29 is 33.6 Å². The smallest absolute Gasteiger partial charge is 0.453 e. The Hall–Kier alpha value is -2.81. The molecule has 1 heterocycles. The Morgan fingerprint density at radius 3 is 2.42 bits per heavy atom. The van der Waals surface area contributed by atoms with E-state index in [1.54, 1.807) is 36.4 Å². The minimum atomic E-state index is -2.31. The lowest BCUT2D eigenvalue weighted by Gasteiger charge is -2.21. The number of fused-ring (bicyclic) bond motifs is 1. The van der Waals surface area contributed by atoms with Crippen molar-refractivity contribution >= 4 is 23.5 Å². The van der Waals surface area contributed by atoms with Crippen LogP contribution < -0.4 is 14.8 Å². The summed E-state index contributed by atoms with van der Waals surface area (Å²) in [5.41, 5.74) is 1.61. The second-order valence-electron chi connectivity index (χ2n) is 7.17. The van der Waals surface area contributed by atoms with Crippen molar-refractivity contribution in [2.45, 2.75) is 31.3 Å². The molecule has 0 bridgehead atoms. The fourth-order valence-electron chi connectivity index (χ4n) is 3.26. The van der Waals surface area contributed by atoms with E-state index in [0.717, 1.165) is 25.3 Å². The third-order valence-electron chi connectivity index (χ3n) is 4.86. The van der Waals surface area contributed by atoms with Gasteiger partial charge in [0, 0.05) is 17.6 Å². The lowest BCUT2D eigenvalue weighted by atomic mass is 10.1. The number of methoxy groups -OCH3 is 2. The molecule has 2 atom stereocenters. The normalized spacial score (nSPS) is 15.8. The summed E-state index contributed by atoms with van der Waals surface area (Å²) in [5, 5.41) is 14.2. The van der Waals surface area contributed by atoms with Gasteiger partial charge in [0.2, 0.25) is 0 Å². The van der Waals surface area contributed by atoms with E-state index in [0.29, 0.717) is 18.0 Å². The van der Waals surface area contributed by atoms with Gasteiger partial charge in [-0.1, -0.05) is 29.8 Å². The fourth-order valence-corrected chi connectivity index (χ4v) is 3.46. The van der Waals surface area contributed by atoms with Crippen LogP contribution in [0.4, 0.5) is 0 Å². The number of hydrogen-bond acceptors (Lipinski definition) is 8. The molecule has 8 nitrogen and oxygen atoms in total. The molecule has 0 aromatic heterocycles. The zero-order valence-electron chi connectivity index (χ0n) is 17.4. The molecule has 0 amide bonds. The van der Waals surface area contributed by atoms with E-state index in [1.165, 1.54) is 0 Å². The van der Waals surface area contributed by atoms with Crippen LogP contribution in [0.25, 0.3) is 0 Å². The summed E-state index contributed by atoms with van der Waals surface area (Å²) in [6, 6.07) is 12.2. The van der Waals surface area contributed by atoms with Crippen molar-refractivity contribution in [2.75, 3.05) is 20.8 Å². The number of carbonyl (C=O) groups excluding carboxylic acids is 2. The summed E-state index contributed by atoms with van der Waals surface area (Å²) in [5.74, 6) is -3.87. The van der Waals surface area contributed by atoms with Crippen molar-refractivity contribution in [1.82, 2.24) is 5.32 Å². The molecule has 0 unspecified atom stereocenters. The van der Waals surface area contributed by atoms with Gasteiger partial charge in [-0.25, -0.2) is 9.59 Å². The molecule has 1 aliphatic rings. The summed E-state index contributed by atoms with van der Waals surface area (Å²) in [6.45, 7) is 2.32. The van der Waals surface area contributed by atoms with Crippen molar-refractivity contribution in [3.05, 3.63) is 58.6 Å². The van der Waals surface area contributed by atoms with Crippen LogP contribution in [0.15, 0.2) is 42.5 Å². The van der Waals surface area contributed by atoms with Crippen LogP contribution in [0.5, 0.6) is 11.5 Å². The molecule has 2 N–H and O–H groups in total. The van der Waals surface area contributed by atoms with Crippen LogP contribution in [0.3, 0.4) is 0 Å². The zero-order chi connectivity index (χ0) is 22.6. The van der Waals surface area contributed by atoms with E-state index in [4.69, 9.17) is 21.1 Å². The third-order valence-corrected chi connectivity index (χ3v) is 5.09. The Bertz CT molecular complexity index is 949. The molecular weight excluding hydrogens is 426 g/mol. The molecule has 0 saturated heterocycles. The summed E-state index contributed by atoms with van der Waals surface area (Å²) >= 11 is 5.97. The molecule has 9 heteroatoms. The van der Waals surface area contributed by atoms with Gasteiger partial charge in [0.05, 0.1) is 20.3 Å². The zero-order valence-corrected chi connectivity index (χ0v) is 18.1. The van der Waals surface area contributed by atoms with E-state index in [-0.39, 0.29) is 17.5 Å². The van der Waals surface area contributed by atoms with E-state index >= 15 is 0 Å². The molecule has 2 aromatic carbocycles. The molecule has 0 saturated carbocycles. The highest BCUT2D eigenvalue weighted by Crippen LogP contribution is 2.41. The van der Waals surface area contributed by atoms with Crippen LogP contribution in [0.1, 0.15) is 24.2 Å². The molecule has 0 radical (unpaired) electrons. The minimum absolute atomic E-state index is 0.0141. The Labute approximate surface area is 185 Å². The van der Waals surface area contributed by atoms with E-state index < -0.39 is 23.8 Å². The number of benzene rings is 2. The largest absolute Gasteiger partial charge is 0.463 e. The van der Waals surface area contributed by atoms with Crippen LogP contribution in [0, 0.1) is 0 Å². The minimum Gasteiger partial charge on any atom is -0.463 e. The Morgan fingerprint density at radius 1 is 1.10 bits per heavy atom. The molecule has 1 aliphatic heterocycles. The Balaban J connectivity index is 1.63. The molecule has 3 rings (SSSR count). The maximum absolute atomic E-state index is 12.1. The highest BCUT2D eigenvalue weighted by molar-refractivity contribution is 6.30. The highest BCUT2D eigenvalue weighted by Gasteiger charge is 2.59. The Morgan fingerprint density at radius 2 is 1.77 bits per heavy atom. The monoisotopic (exact) mass is 449 g/mol. The maximum atomic E-state index is 12.1. The molecule has 2 aromatic rings. The van der Waals surface area contributed by atoms with Gasteiger partial charge in [-0.2, -0.15) is 0 Å². The predicted octanol–water partition coefficient (Wildman–Crippen LogP) is 2.41. The number of halogens is 1. The van der Waals surface area contributed by atoms with Gasteiger partial charge >= 0.3 is 17.7 Å². The van der Waals surface area contributed by atoms with Gasteiger partial charge in [0.15, 0.2) is 11.5 Å². The van der Waals surface area contributed by atoms with Crippen molar-refractivity contribution in [1.29, 1.82) is 0 Å². The number of aliphatic hydroxyl groups is 1. The maximum Gasteiger partial charge on any atom is 0.453 e. The number of hydrogen-bond donors (Lipinski definition) is 2. The number of rotatable bonds is 8. The number of aliphatic hydroxyl groups excluding tert-OH is 1. The first kappa shape index (κ1) is 22.9. The molecule has 166 valence electrons. The first-order valence-corrected chi connectivity index (χ1v) is 10.0. The predicted molar refractivity (Wildman–Crippen MR) is 112 cm³/mol. The molecule has 0 spiro atoms. The summed E-state index contributed by atoms with van der Waals surface area (Å²) in [7, 11) is 2.25. The SMILES string of the molecule is COC(=O)C1(C(=O)OC)Oc2ccc(C[C@@H](C)NC[C@@H](O)c3cccc(Cl)c3)cc2O1. The van der Waals surface area contributed by atoms with Crippen LogP contribution >= 0.6 is 11.6 Å². The van der Waals surface area contributed by atoms with Gasteiger partial charge in [-0.15, -0.1) is 0 Å². The lowest BCUT2D eigenvalue weighted by Crippen LogP contribution is -2.55.